The quantitative estimate of drug-likeness (QED) is 0.768. The molecule has 0 aliphatic heterocycles. The third-order valence-electron chi connectivity index (χ3n) is 3.75. The van der Waals surface area contributed by atoms with Crippen molar-refractivity contribution in [3.8, 4) is 17.2 Å². The van der Waals surface area contributed by atoms with Gasteiger partial charge in [-0.2, -0.15) is 0 Å². The molecule has 2 aromatic carbocycles. The molecule has 2 aromatic rings. The van der Waals surface area contributed by atoms with Crippen LogP contribution in [0.1, 0.15) is 37.9 Å². The van der Waals surface area contributed by atoms with E-state index in [0.717, 1.165) is 11.1 Å². The molecular formula is C20H25NO4. The number of phenols is 1. The van der Waals surface area contributed by atoms with Crippen molar-refractivity contribution in [2.45, 2.75) is 33.2 Å². The van der Waals surface area contributed by atoms with Crippen LogP contribution in [0.15, 0.2) is 42.5 Å². The Hall–Kier alpha value is -2.69. The average molecular weight is 343 g/mol. The lowest BCUT2D eigenvalue weighted by molar-refractivity contribution is -0.121. The maximum Gasteiger partial charge on any atom is 0.224 e. The van der Waals surface area contributed by atoms with Gasteiger partial charge in [0.05, 0.1) is 25.7 Å². The SMILES string of the molecule is CCOc1ccc(C(C)NC(=O)Cc2ccc(O)cc2)cc1OCC. The van der Waals surface area contributed by atoms with E-state index in [9.17, 15) is 9.90 Å². The van der Waals surface area contributed by atoms with E-state index in [4.69, 9.17) is 9.47 Å². The molecule has 5 heteroatoms. The zero-order valence-corrected chi connectivity index (χ0v) is 14.9. The first-order chi connectivity index (χ1) is 12.0. The molecule has 0 aromatic heterocycles. The minimum Gasteiger partial charge on any atom is -0.508 e. The Bertz CT molecular complexity index is 697. The number of rotatable bonds is 8. The van der Waals surface area contributed by atoms with E-state index in [-0.39, 0.29) is 24.1 Å². The predicted octanol–water partition coefficient (Wildman–Crippen LogP) is 3.61. The van der Waals surface area contributed by atoms with Crippen molar-refractivity contribution < 1.29 is 19.4 Å². The molecule has 0 spiro atoms. The minimum absolute atomic E-state index is 0.0787. The first-order valence-electron chi connectivity index (χ1n) is 8.50. The van der Waals surface area contributed by atoms with Gasteiger partial charge in [0, 0.05) is 0 Å². The summed E-state index contributed by atoms with van der Waals surface area (Å²) in [7, 11) is 0. The van der Waals surface area contributed by atoms with Crippen LogP contribution in [0.2, 0.25) is 0 Å². The highest BCUT2D eigenvalue weighted by atomic mass is 16.5. The Labute approximate surface area is 148 Å². The number of nitrogens with one attached hydrogen (secondary N) is 1. The topological polar surface area (TPSA) is 67.8 Å². The van der Waals surface area contributed by atoms with E-state index >= 15 is 0 Å². The lowest BCUT2D eigenvalue weighted by atomic mass is 10.1. The van der Waals surface area contributed by atoms with Crippen LogP contribution in [0, 0.1) is 0 Å². The summed E-state index contributed by atoms with van der Waals surface area (Å²) in [5.74, 6) is 1.50. The van der Waals surface area contributed by atoms with Crippen LogP contribution in [0.3, 0.4) is 0 Å². The van der Waals surface area contributed by atoms with Crippen LogP contribution in [0.4, 0.5) is 0 Å². The molecule has 1 amide bonds. The van der Waals surface area contributed by atoms with E-state index in [0.29, 0.717) is 24.7 Å². The van der Waals surface area contributed by atoms with E-state index in [1.54, 1.807) is 24.3 Å². The number of phenolic OH excluding ortho intramolecular Hbond substituents is 1. The standard InChI is InChI=1S/C20H25NO4/c1-4-24-18-11-8-16(13-19(18)25-5-2)14(3)21-20(23)12-15-6-9-17(22)10-7-15/h6-11,13-14,22H,4-5,12H2,1-3H3,(H,21,23). The van der Waals surface area contributed by atoms with Gasteiger partial charge in [0.2, 0.25) is 5.91 Å². The largest absolute Gasteiger partial charge is 0.508 e. The fraction of sp³-hybridized carbons (Fsp3) is 0.350. The summed E-state index contributed by atoms with van der Waals surface area (Å²) >= 11 is 0. The highest BCUT2D eigenvalue weighted by Crippen LogP contribution is 2.30. The first-order valence-corrected chi connectivity index (χ1v) is 8.50. The van der Waals surface area contributed by atoms with Crippen LogP contribution in [-0.2, 0) is 11.2 Å². The third kappa shape index (κ3) is 5.41. The number of aromatic hydroxyl groups is 1. The molecule has 134 valence electrons. The van der Waals surface area contributed by atoms with Crippen LogP contribution in [0.25, 0.3) is 0 Å². The molecule has 0 saturated heterocycles. The number of hydrogen-bond acceptors (Lipinski definition) is 4. The van der Waals surface area contributed by atoms with Crippen molar-refractivity contribution in [1.29, 1.82) is 0 Å². The maximum absolute atomic E-state index is 12.2. The average Bonchev–Trinajstić information content (AvgIpc) is 2.59. The summed E-state index contributed by atoms with van der Waals surface area (Å²) in [4.78, 5) is 12.2. The molecule has 0 radical (unpaired) electrons. The number of ether oxygens (including phenoxy) is 2. The molecule has 0 saturated carbocycles. The highest BCUT2D eigenvalue weighted by molar-refractivity contribution is 5.79. The normalized spacial score (nSPS) is 11.6. The second-order valence-corrected chi connectivity index (χ2v) is 5.70. The van der Waals surface area contributed by atoms with Gasteiger partial charge in [-0.15, -0.1) is 0 Å². The third-order valence-corrected chi connectivity index (χ3v) is 3.75. The number of hydrogen-bond donors (Lipinski definition) is 2. The summed E-state index contributed by atoms with van der Waals surface area (Å²) in [5.41, 5.74) is 1.80. The molecule has 2 N–H and O–H groups in total. The smallest absolute Gasteiger partial charge is 0.224 e. The Morgan fingerprint density at radius 1 is 1.04 bits per heavy atom. The fourth-order valence-corrected chi connectivity index (χ4v) is 2.51. The van der Waals surface area contributed by atoms with Gasteiger partial charge in [-0.1, -0.05) is 18.2 Å². The van der Waals surface area contributed by atoms with Crippen LogP contribution < -0.4 is 14.8 Å². The van der Waals surface area contributed by atoms with E-state index in [1.165, 1.54) is 0 Å². The molecule has 5 nitrogen and oxygen atoms in total. The minimum atomic E-state index is -0.153. The van der Waals surface area contributed by atoms with E-state index in [2.05, 4.69) is 5.32 Å². The van der Waals surface area contributed by atoms with Gasteiger partial charge in [-0.3, -0.25) is 4.79 Å². The Kier molecular flexibility index (Phi) is 6.69. The molecule has 1 atom stereocenters. The second kappa shape index (κ2) is 8.97. The molecule has 0 aliphatic carbocycles. The van der Waals surface area contributed by atoms with Crippen LogP contribution in [-0.4, -0.2) is 24.2 Å². The molecule has 0 aliphatic rings. The molecule has 0 bridgehead atoms. The van der Waals surface area contributed by atoms with Gasteiger partial charge in [0.1, 0.15) is 5.75 Å². The molecular weight excluding hydrogens is 318 g/mol. The first kappa shape index (κ1) is 18.6. The van der Waals surface area contributed by atoms with Gasteiger partial charge in [-0.05, 0) is 56.2 Å². The van der Waals surface area contributed by atoms with Crippen LogP contribution >= 0.6 is 0 Å². The predicted molar refractivity (Wildman–Crippen MR) is 97.1 cm³/mol. The lowest BCUT2D eigenvalue weighted by Gasteiger charge is -2.17. The van der Waals surface area contributed by atoms with Gasteiger partial charge < -0.3 is 19.9 Å². The summed E-state index contributed by atoms with van der Waals surface area (Å²) in [5, 5.41) is 12.3. The van der Waals surface area contributed by atoms with Gasteiger partial charge in [0.15, 0.2) is 11.5 Å². The molecule has 0 fully saturated rings. The summed E-state index contributed by atoms with van der Waals surface area (Å²) < 4.78 is 11.2. The maximum atomic E-state index is 12.2. The lowest BCUT2D eigenvalue weighted by Crippen LogP contribution is -2.28. The van der Waals surface area contributed by atoms with Gasteiger partial charge in [0.25, 0.3) is 0 Å². The van der Waals surface area contributed by atoms with Crippen molar-refractivity contribution >= 4 is 5.91 Å². The number of amides is 1. The second-order valence-electron chi connectivity index (χ2n) is 5.70. The van der Waals surface area contributed by atoms with E-state index in [1.807, 2.05) is 39.0 Å². The molecule has 25 heavy (non-hydrogen) atoms. The number of carbonyl (C=O) groups excluding carboxylic acids is 1. The number of carbonyl (C=O) groups is 1. The fourth-order valence-electron chi connectivity index (χ4n) is 2.51. The Morgan fingerprint density at radius 3 is 2.32 bits per heavy atom. The van der Waals surface area contributed by atoms with Crippen LogP contribution in [0.5, 0.6) is 17.2 Å². The zero-order chi connectivity index (χ0) is 18.2. The van der Waals surface area contributed by atoms with Crippen molar-refractivity contribution in [2.75, 3.05) is 13.2 Å². The molecule has 1 unspecified atom stereocenters. The zero-order valence-electron chi connectivity index (χ0n) is 14.9. The summed E-state index contributed by atoms with van der Waals surface area (Å²) in [6, 6.07) is 12.2. The Morgan fingerprint density at radius 2 is 1.68 bits per heavy atom. The van der Waals surface area contributed by atoms with E-state index < -0.39 is 0 Å². The Balaban J connectivity index is 2.03. The van der Waals surface area contributed by atoms with Crippen molar-refractivity contribution in [2.24, 2.45) is 0 Å². The highest BCUT2D eigenvalue weighted by Gasteiger charge is 2.13. The number of benzene rings is 2. The summed E-state index contributed by atoms with van der Waals surface area (Å²) in [6.07, 6.45) is 0.264. The molecule has 2 rings (SSSR count). The van der Waals surface area contributed by atoms with Crippen molar-refractivity contribution in [3.63, 3.8) is 0 Å². The van der Waals surface area contributed by atoms with Gasteiger partial charge in [-0.25, -0.2) is 0 Å². The monoisotopic (exact) mass is 343 g/mol. The van der Waals surface area contributed by atoms with Crippen molar-refractivity contribution in [3.05, 3.63) is 53.6 Å². The van der Waals surface area contributed by atoms with Crippen molar-refractivity contribution in [1.82, 2.24) is 5.32 Å². The molecule has 0 heterocycles. The summed E-state index contributed by atoms with van der Waals surface area (Å²) in [6.45, 7) is 6.89. The van der Waals surface area contributed by atoms with Gasteiger partial charge >= 0.3 is 0 Å².